The number of sulfonamides is 1. The fraction of sp³-hybridized carbons (Fsp3) is 1.00. The zero-order valence-electron chi connectivity index (χ0n) is 12.2. The lowest BCUT2D eigenvalue weighted by atomic mass is 9.92. The molecule has 2 rings (SSSR count). The van der Waals surface area contributed by atoms with Crippen molar-refractivity contribution in [3.8, 4) is 0 Å². The molecule has 4 unspecified atom stereocenters. The van der Waals surface area contributed by atoms with Gasteiger partial charge in [-0.15, -0.1) is 0 Å². The summed E-state index contributed by atoms with van der Waals surface area (Å²) >= 11 is 3.81. The third-order valence-corrected chi connectivity index (χ3v) is 8.65. The van der Waals surface area contributed by atoms with E-state index in [0.29, 0.717) is 29.5 Å². The highest BCUT2D eigenvalue weighted by Crippen LogP contribution is 2.35. The molecule has 118 valence electrons. The minimum absolute atomic E-state index is 0.294. The minimum atomic E-state index is -3.09. The van der Waals surface area contributed by atoms with E-state index in [0.717, 1.165) is 25.0 Å². The number of aliphatic hydroxyl groups is 1. The van der Waals surface area contributed by atoms with Crippen LogP contribution in [0.1, 0.15) is 26.2 Å². The van der Waals surface area contributed by atoms with E-state index in [2.05, 4.69) is 6.92 Å². The molecule has 2 aliphatic rings. The van der Waals surface area contributed by atoms with Crippen LogP contribution in [0.2, 0.25) is 0 Å². The monoisotopic (exact) mass is 339 g/mol. The Morgan fingerprint density at radius 2 is 2.05 bits per heavy atom. The van der Waals surface area contributed by atoms with Gasteiger partial charge in [0.15, 0.2) is 0 Å². The minimum Gasteiger partial charge on any atom is -0.392 e. The number of thioether (sulfide) groups is 2. The van der Waals surface area contributed by atoms with E-state index >= 15 is 0 Å². The third kappa shape index (κ3) is 4.53. The fourth-order valence-electron chi connectivity index (χ4n) is 3.07. The molecule has 0 bridgehead atoms. The molecule has 7 heteroatoms. The molecule has 2 aliphatic heterocycles. The van der Waals surface area contributed by atoms with Gasteiger partial charge < -0.3 is 5.11 Å². The van der Waals surface area contributed by atoms with Crippen molar-refractivity contribution in [2.75, 3.05) is 30.9 Å². The highest BCUT2D eigenvalue weighted by Gasteiger charge is 2.33. The second-order valence-electron chi connectivity index (χ2n) is 5.84. The van der Waals surface area contributed by atoms with Gasteiger partial charge in [0.25, 0.3) is 0 Å². The predicted molar refractivity (Wildman–Crippen MR) is 87.9 cm³/mol. The van der Waals surface area contributed by atoms with Crippen LogP contribution in [0.15, 0.2) is 0 Å². The van der Waals surface area contributed by atoms with E-state index in [9.17, 15) is 13.5 Å². The first-order valence-corrected chi connectivity index (χ1v) is 11.2. The molecular weight excluding hydrogens is 314 g/mol. The summed E-state index contributed by atoms with van der Waals surface area (Å²) < 4.78 is 24.8. The summed E-state index contributed by atoms with van der Waals surface area (Å²) in [4.78, 5) is 0. The first-order chi connectivity index (χ1) is 9.38. The van der Waals surface area contributed by atoms with Gasteiger partial charge in [-0.1, -0.05) is 6.92 Å². The molecule has 0 aromatic rings. The van der Waals surface area contributed by atoms with Crippen LogP contribution in [0.4, 0.5) is 0 Å². The Kier molecular flexibility index (Phi) is 6.11. The van der Waals surface area contributed by atoms with Crippen molar-refractivity contribution in [3.63, 3.8) is 0 Å². The van der Waals surface area contributed by atoms with Gasteiger partial charge in [-0.2, -0.15) is 23.5 Å². The van der Waals surface area contributed by atoms with Crippen LogP contribution in [0.5, 0.6) is 0 Å². The van der Waals surface area contributed by atoms with Crippen LogP contribution in [-0.2, 0) is 10.0 Å². The number of hydrogen-bond donors (Lipinski definition) is 1. The average molecular weight is 340 g/mol. The van der Waals surface area contributed by atoms with E-state index in [1.54, 1.807) is 4.31 Å². The van der Waals surface area contributed by atoms with E-state index in [1.165, 1.54) is 12.0 Å². The van der Waals surface area contributed by atoms with Crippen molar-refractivity contribution in [2.45, 2.75) is 42.8 Å². The Labute approximate surface area is 131 Å². The largest absolute Gasteiger partial charge is 0.392 e. The number of hydrogen-bond acceptors (Lipinski definition) is 5. The summed E-state index contributed by atoms with van der Waals surface area (Å²) in [7, 11) is -3.09. The van der Waals surface area contributed by atoms with Gasteiger partial charge in [0, 0.05) is 35.1 Å². The second kappa shape index (κ2) is 7.22. The molecule has 2 saturated heterocycles. The molecule has 0 aliphatic carbocycles. The zero-order chi connectivity index (χ0) is 14.8. The van der Waals surface area contributed by atoms with E-state index in [4.69, 9.17) is 0 Å². The van der Waals surface area contributed by atoms with Crippen molar-refractivity contribution in [3.05, 3.63) is 0 Å². The van der Waals surface area contributed by atoms with E-state index in [1.807, 2.05) is 23.5 Å². The van der Waals surface area contributed by atoms with Crippen molar-refractivity contribution in [2.24, 2.45) is 5.92 Å². The summed E-state index contributed by atoms with van der Waals surface area (Å²) in [6.07, 6.45) is 3.64. The molecular formula is C13H25NO3S3. The molecule has 20 heavy (non-hydrogen) atoms. The molecule has 0 radical (unpaired) electrons. The Hall–Kier alpha value is 0.570. The van der Waals surface area contributed by atoms with Crippen molar-refractivity contribution >= 4 is 33.5 Å². The van der Waals surface area contributed by atoms with Crippen LogP contribution < -0.4 is 0 Å². The van der Waals surface area contributed by atoms with Gasteiger partial charge in [0.2, 0.25) is 10.0 Å². The van der Waals surface area contributed by atoms with Crippen molar-refractivity contribution in [1.29, 1.82) is 0 Å². The molecule has 2 fully saturated rings. The summed E-state index contributed by atoms with van der Waals surface area (Å²) in [5, 5.41) is 11.3. The number of aliphatic hydroxyl groups excluding tert-OH is 1. The Bertz CT molecular complexity index is 415. The van der Waals surface area contributed by atoms with Crippen LogP contribution >= 0.6 is 23.5 Å². The molecule has 2 heterocycles. The maximum absolute atomic E-state index is 11.6. The second-order valence-corrected chi connectivity index (χ2v) is 10.6. The van der Waals surface area contributed by atoms with Gasteiger partial charge in [0.1, 0.15) is 0 Å². The number of rotatable bonds is 4. The molecule has 0 amide bonds. The smallest absolute Gasteiger partial charge is 0.211 e. The number of piperidine rings is 1. The van der Waals surface area contributed by atoms with Gasteiger partial charge >= 0.3 is 0 Å². The maximum atomic E-state index is 11.6. The lowest BCUT2D eigenvalue weighted by Crippen LogP contribution is -2.42. The number of nitrogens with zero attached hydrogens (tertiary/aromatic N) is 1. The van der Waals surface area contributed by atoms with E-state index < -0.39 is 10.0 Å². The molecule has 0 aromatic carbocycles. The van der Waals surface area contributed by atoms with Crippen LogP contribution in [0, 0.1) is 5.92 Å². The SMILES string of the molecule is CC1SCCSC1C(O)CC1CCCN(S(C)(=O)=O)C1. The van der Waals surface area contributed by atoms with Crippen molar-refractivity contribution in [1.82, 2.24) is 4.31 Å². The lowest BCUT2D eigenvalue weighted by Gasteiger charge is -2.36. The topological polar surface area (TPSA) is 57.6 Å². The molecule has 4 nitrogen and oxygen atoms in total. The Morgan fingerprint density at radius 3 is 2.70 bits per heavy atom. The highest BCUT2D eigenvalue weighted by molar-refractivity contribution is 8.07. The van der Waals surface area contributed by atoms with Crippen LogP contribution in [0.25, 0.3) is 0 Å². The maximum Gasteiger partial charge on any atom is 0.211 e. The Balaban J connectivity index is 1.89. The molecule has 4 atom stereocenters. The summed E-state index contributed by atoms with van der Waals surface area (Å²) in [5.41, 5.74) is 0. The van der Waals surface area contributed by atoms with Gasteiger partial charge in [-0.05, 0) is 25.2 Å². The first-order valence-electron chi connectivity index (χ1n) is 7.24. The third-order valence-electron chi connectivity index (χ3n) is 4.14. The van der Waals surface area contributed by atoms with Crippen LogP contribution in [-0.4, -0.2) is 65.3 Å². The van der Waals surface area contributed by atoms with Gasteiger partial charge in [-0.25, -0.2) is 12.7 Å². The standard InChI is InChI=1S/C13H25NO3S3/c1-10-13(19-7-6-18-10)12(15)8-11-4-3-5-14(9-11)20(2,16)17/h10-13,15H,3-9H2,1-2H3. The van der Waals surface area contributed by atoms with E-state index in [-0.39, 0.29) is 6.10 Å². The Morgan fingerprint density at radius 1 is 1.35 bits per heavy atom. The summed E-state index contributed by atoms with van der Waals surface area (Å²) in [6.45, 7) is 3.40. The first kappa shape index (κ1) is 16.9. The molecule has 0 saturated carbocycles. The normalized spacial score (nSPS) is 34.9. The van der Waals surface area contributed by atoms with Gasteiger partial charge in [0.05, 0.1) is 12.4 Å². The summed E-state index contributed by atoms with van der Waals surface area (Å²) in [5.74, 6) is 2.57. The van der Waals surface area contributed by atoms with Crippen LogP contribution in [0.3, 0.4) is 0 Å². The predicted octanol–water partition coefficient (Wildman–Crippen LogP) is 1.65. The summed E-state index contributed by atoms with van der Waals surface area (Å²) in [6, 6.07) is 0. The fourth-order valence-corrected chi connectivity index (χ4v) is 6.87. The quantitative estimate of drug-likeness (QED) is 0.844. The average Bonchev–Trinajstić information content (AvgIpc) is 2.38. The van der Waals surface area contributed by atoms with Gasteiger partial charge in [-0.3, -0.25) is 0 Å². The molecule has 0 spiro atoms. The molecule has 1 N–H and O–H groups in total. The van der Waals surface area contributed by atoms with Crippen molar-refractivity contribution < 1.29 is 13.5 Å². The zero-order valence-corrected chi connectivity index (χ0v) is 14.6. The highest BCUT2D eigenvalue weighted by atomic mass is 32.2. The lowest BCUT2D eigenvalue weighted by molar-refractivity contribution is 0.119. The molecule has 0 aromatic heterocycles.